The number of alkyl halides is 3. The fourth-order valence-corrected chi connectivity index (χ4v) is 3.26. The predicted octanol–water partition coefficient (Wildman–Crippen LogP) is 3.81. The summed E-state index contributed by atoms with van der Waals surface area (Å²) in [5.41, 5.74) is 4.76. The van der Waals surface area contributed by atoms with Gasteiger partial charge in [-0.1, -0.05) is 12.1 Å². The van der Waals surface area contributed by atoms with Gasteiger partial charge in [0, 0.05) is 11.8 Å². The Bertz CT molecular complexity index is 1320. The Balaban J connectivity index is 2.01. The molecule has 0 radical (unpaired) electrons. The maximum Gasteiger partial charge on any atom is 0.435 e. The summed E-state index contributed by atoms with van der Waals surface area (Å²) in [6.07, 6.45) is -3.67. The summed E-state index contributed by atoms with van der Waals surface area (Å²) in [7, 11) is 0. The van der Waals surface area contributed by atoms with Crippen molar-refractivity contribution in [2.45, 2.75) is 20.0 Å². The summed E-state index contributed by atoms with van der Waals surface area (Å²) < 4.78 is 61.9. The molecule has 3 heterocycles. The van der Waals surface area contributed by atoms with Crippen LogP contribution in [0.3, 0.4) is 0 Å². The highest BCUT2D eigenvalue weighted by molar-refractivity contribution is 5.94. The van der Waals surface area contributed by atoms with Crippen molar-refractivity contribution in [2.75, 3.05) is 12.3 Å². The Morgan fingerprint density at radius 1 is 1.22 bits per heavy atom. The van der Waals surface area contributed by atoms with E-state index in [0.29, 0.717) is 5.69 Å². The molecule has 1 aromatic carbocycles. The van der Waals surface area contributed by atoms with Crippen molar-refractivity contribution in [2.24, 2.45) is 0 Å². The van der Waals surface area contributed by atoms with Crippen molar-refractivity contribution >= 4 is 17.4 Å². The quantitative estimate of drug-likeness (QED) is 0.377. The van der Waals surface area contributed by atoms with Crippen LogP contribution in [0.4, 0.5) is 23.4 Å². The van der Waals surface area contributed by atoms with Gasteiger partial charge in [-0.25, -0.2) is 14.2 Å². The molecule has 0 saturated carbocycles. The van der Waals surface area contributed by atoms with Crippen molar-refractivity contribution in [3.8, 4) is 16.9 Å². The van der Waals surface area contributed by atoms with E-state index < -0.39 is 23.7 Å². The van der Waals surface area contributed by atoms with Crippen LogP contribution < -0.4 is 5.73 Å². The number of hydrogen-bond donors (Lipinski definition) is 1. The molecule has 2 N–H and O–H groups in total. The first kappa shape index (κ1) is 21.3. The molecule has 4 rings (SSSR count). The SMILES string of the molecule is CCOC(=O)c1cnn(-c2cc(C)nc3c(-c4ccc(F)cc4)c(C(F)(F)F)nn23)c1N. The number of aryl methyl sites for hydroxylation is 1. The van der Waals surface area contributed by atoms with Gasteiger partial charge in [0.25, 0.3) is 0 Å². The van der Waals surface area contributed by atoms with E-state index in [0.717, 1.165) is 27.5 Å². The Morgan fingerprint density at radius 3 is 2.53 bits per heavy atom. The maximum atomic E-state index is 13.9. The largest absolute Gasteiger partial charge is 0.462 e. The predicted molar refractivity (Wildman–Crippen MR) is 106 cm³/mol. The number of hydrogen-bond acceptors (Lipinski definition) is 6. The monoisotopic (exact) mass is 448 g/mol. The molecular formula is C20H16F4N6O2. The van der Waals surface area contributed by atoms with Gasteiger partial charge in [0.1, 0.15) is 17.2 Å². The third kappa shape index (κ3) is 3.53. The minimum atomic E-state index is -4.83. The second kappa shape index (κ2) is 7.62. The third-order valence-corrected chi connectivity index (χ3v) is 4.62. The van der Waals surface area contributed by atoms with Gasteiger partial charge >= 0.3 is 12.1 Å². The van der Waals surface area contributed by atoms with Gasteiger partial charge in [-0.3, -0.25) is 0 Å². The van der Waals surface area contributed by atoms with Crippen LogP contribution in [0.2, 0.25) is 0 Å². The summed E-state index contributed by atoms with van der Waals surface area (Å²) in [6, 6.07) is 5.95. The van der Waals surface area contributed by atoms with E-state index in [-0.39, 0.29) is 40.6 Å². The molecule has 0 aliphatic rings. The number of rotatable bonds is 4. The molecule has 32 heavy (non-hydrogen) atoms. The van der Waals surface area contributed by atoms with Crippen molar-refractivity contribution in [1.82, 2.24) is 24.4 Å². The Labute approximate surface area is 178 Å². The van der Waals surface area contributed by atoms with Crippen LogP contribution in [-0.4, -0.2) is 37.0 Å². The number of nitrogen functional groups attached to an aromatic ring is 1. The van der Waals surface area contributed by atoms with Gasteiger partial charge in [-0.05, 0) is 31.5 Å². The van der Waals surface area contributed by atoms with E-state index in [9.17, 15) is 22.4 Å². The molecule has 0 amide bonds. The average Bonchev–Trinajstić information content (AvgIpc) is 3.29. The Hall–Kier alpha value is -3.96. The second-order valence-electron chi connectivity index (χ2n) is 6.80. The van der Waals surface area contributed by atoms with Crippen LogP contribution in [0.25, 0.3) is 22.6 Å². The molecule has 4 aromatic rings. The first-order valence-corrected chi connectivity index (χ1v) is 9.36. The van der Waals surface area contributed by atoms with Gasteiger partial charge < -0.3 is 10.5 Å². The molecule has 8 nitrogen and oxygen atoms in total. The summed E-state index contributed by atoms with van der Waals surface area (Å²) >= 11 is 0. The standard InChI is InChI=1S/C20H16F4N6O2/c1-3-32-19(31)13-9-26-29(17(13)25)14-8-10(2)27-18-15(11-4-6-12(21)7-5-11)16(20(22,23)24)28-30(14)18/h4-9H,3,25H2,1-2H3. The average molecular weight is 448 g/mol. The molecule has 166 valence electrons. The van der Waals surface area contributed by atoms with Crippen molar-refractivity contribution in [1.29, 1.82) is 0 Å². The van der Waals surface area contributed by atoms with E-state index in [1.165, 1.54) is 18.2 Å². The van der Waals surface area contributed by atoms with E-state index in [2.05, 4.69) is 15.2 Å². The minimum Gasteiger partial charge on any atom is -0.462 e. The number of carbonyl (C=O) groups is 1. The molecule has 12 heteroatoms. The zero-order valence-corrected chi connectivity index (χ0v) is 16.8. The lowest BCUT2D eigenvalue weighted by molar-refractivity contribution is -0.140. The summed E-state index contributed by atoms with van der Waals surface area (Å²) in [5.74, 6) is -1.43. The van der Waals surface area contributed by atoms with Crippen LogP contribution in [-0.2, 0) is 10.9 Å². The minimum absolute atomic E-state index is 0.0272. The number of halogens is 4. The molecule has 0 bridgehead atoms. The first-order chi connectivity index (χ1) is 15.1. The van der Waals surface area contributed by atoms with Gasteiger partial charge in [-0.15, -0.1) is 0 Å². The normalized spacial score (nSPS) is 11.8. The van der Waals surface area contributed by atoms with Crippen LogP contribution in [0.1, 0.15) is 28.7 Å². The number of carbonyl (C=O) groups excluding carboxylic acids is 1. The van der Waals surface area contributed by atoms with Crippen molar-refractivity contribution < 1.29 is 27.1 Å². The van der Waals surface area contributed by atoms with Crippen LogP contribution >= 0.6 is 0 Å². The molecule has 0 atom stereocenters. The Kier molecular flexibility index (Phi) is 5.07. The number of nitrogens with two attached hydrogens (primary N) is 1. The van der Waals surface area contributed by atoms with Crippen molar-refractivity contribution in [3.05, 3.63) is 59.3 Å². The lowest BCUT2D eigenvalue weighted by atomic mass is 10.1. The molecule has 0 spiro atoms. The summed E-state index contributed by atoms with van der Waals surface area (Å²) in [5, 5.41) is 7.77. The Morgan fingerprint density at radius 2 is 1.91 bits per heavy atom. The van der Waals surface area contributed by atoms with Gasteiger partial charge in [0.05, 0.1) is 18.4 Å². The molecule has 0 aliphatic carbocycles. The smallest absolute Gasteiger partial charge is 0.435 e. The number of esters is 1. The number of benzene rings is 1. The van der Waals surface area contributed by atoms with Crippen LogP contribution in [0, 0.1) is 12.7 Å². The molecule has 0 fully saturated rings. The molecular weight excluding hydrogens is 432 g/mol. The second-order valence-corrected chi connectivity index (χ2v) is 6.80. The lowest BCUT2D eigenvalue weighted by Gasteiger charge is -2.09. The van der Waals surface area contributed by atoms with E-state index in [1.807, 2.05) is 0 Å². The number of aromatic nitrogens is 5. The van der Waals surface area contributed by atoms with Gasteiger partial charge in [0.2, 0.25) is 0 Å². The van der Waals surface area contributed by atoms with Crippen LogP contribution in [0.15, 0.2) is 36.5 Å². The maximum absolute atomic E-state index is 13.9. The zero-order valence-electron chi connectivity index (χ0n) is 16.8. The van der Waals surface area contributed by atoms with E-state index in [1.54, 1.807) is 13.8 Å². The molecule has 3 aromatic heterocycles. The number of nitrogens with zero attached hydrogens (tertiary/aromatic N) is 5. The molecule has 0 saturated heterocycles. The third-order valence-electron chi connectivity index (χ3n) is 4.62. The van der Waals surface area contributed by atoms with Crippen LogP contribution in [0.5, 0.6) is 0 Å². The lowest BCUT2D eigenvalue weighted by Crippen LogP contribution is -2.13. The molecule has 0 unspecified atom stereocenters. The fraction of sp³-hybridized carbons (Fsp3) is 0.200. The zero-order chi connectivity index (χ0) is 23.2. The highest BCUT2D eigenvalue weighted by Crippen LogP contribution is 2.39. The first-order valence-electron chi connectivity index (χ1n) is 9.36. The van der Waals surface area contributed by atoms with E-state index >= 15 is 0 Å². The topological polar surface area (TPSA) is 100 Å². The number of anilines is 1. The van der Waals surface area contributed by atoms with Gasteiger partial charge in [0.15, 0.2) is 17.2 Å². The summed E-state index contributed by atoms with van der Waals surface area (Å²) in [6.45, 7) is 3.30. The van der Waals surface area contributed by atoms with E-state index in [4.69, 9.17) is 10.5 Å². The highest BCUT2D eigenvalue weighted by atomic mass is 19.4. The summed E-state index contributed by atoms with van der Waals surface area (Å²) in [4.78, 5) is 16.3. The fourth-order valence-electron chi connectivity index (χ4n) is 3.26. The number of fused-ring (bicyclic) bond motifs is 1. The highest BCUT2D eigenvalue weighted by Gasteiger charge is 2.39. The number of ether oxygens (including phenoxy) is 1. The van der Waals surface area contributed by atoms with Gasteiger partial charge in [-0.2, -0.15) is 32.6 Å². The van der Waals surface area contributed by atoms with Crippen molar-refractivity contribution in [3.63, 3.8) is 0 Å². The molecule has 0 aliphatic heterocycles.